The molecule has 1 N–H and O–H groups in total. The van der Waals surface area contributed by atoms with E-state index in [1.165, 1.54) is 0 Å². The summed E-state index contributed by atoms with van der Waals surface area (Å²) >= 11 is 0. The minimum Gasteiger partial charge on any atom is -0.494 e. The van der Waals surface area contributed by atoms with E-state index >= 15 is 0 Å². The maximum Gasteiger partial charge on any atom is 0.428 e. The summed E-state index contributed by atoms with van der Waals surface area (Å²) in [7, 11) is 0. The molecule has 2 atom stereocenters. The van der Waals surface area contributed by atoms with Gasteiger partial charge >= 0.3 is 6.18 Å². The molecule has 0 radical (unpaired) electrons. The Kier molecular flexibility index (Phi) is 5.66. The van der Waals surface area contributed by atoms with Crippen LogP contribution in [-0.2, 0) is 0 Å². The maximum atomic E-state index is 13.5. The Morgan fingerprint density at radius 2 is 1.73 bits per heavy atom. The van der Waals surface area contributed by atoms with Crippen molar-refractivity contribution in [1.29, 1.82) is 0 Å². The van der Waals surface area contributed by atoms with E-state index in [9.17, 15) is 35.8 Å². The van der Waals surface area contributed by atoms with Crippen LogP contribution in [0.4, 0.5) is 30.7 Å². The average molecular weight is 334 g/mol. The lowest BCUT2D eigenvalue weighted by atomic mass is 9.93. The third-order valence-corrected chi connectivity index (χ3v) is 2.90. The molecule has 1 rings (SSSR count). The lowest BCUT2D eigenvalue weighted by Gasteiger charge is -2.29. The van der Waals surface area contributed by atoms with Crippen LogP contribution >= 0.6 is 0 Å². The van der Waals surface area contributed by atoms with Gasteiger partial charge in [0, 0.05) is 12.5 Å². The molecule has 1 aromatic carbocycles. The number of aliphatic hydroxyl groups excluding tert-OH is 1. The summed E-state index contributed by atoms with van der Waals surface area (Å²) < 4.78 is 93.9. The zero-order valence-electron chi connectivity index (χ0n) is 11.3. The van der Waals surface area contributed by atoms with Crippen molar-refractivity contribution in [2.75, 3.05) is 6.61 Å². The van der Waals surface area contributed by atoms with Crippen LogP contribution in [0.2, 0.25) is 0 Å². The van der Waals surface area contributed by atoms with Crippen LogP contribution in [0.25, 0.3) is 0 Å². The van der Waals surface area contributed by atoms with E-state index in [1.54, 1.807) is 6.92 Å². The van der Waals surface area contributed by atoms with E-state index in [-0.39, 0.29) is 12.4 Å². The molecule has 0 heterocycles. The van der Waals surface area contributed by atoms with Crippen LogP contribution < -0.4 is 4.74 Å². The summed E-state index contributed by atoms with van der Waals surface area (Å²) in [5, 5.41) is 9.59. The molecule has 0 saturated heterocycles. The Hall–Kier alpha value is -1.51. The van der Waals surface area contributed by atoms with Crippen LogP contribution in [0.1, 0.15) is 25.0 Å². The number of hydrogen-bond acceptors (Lipinski definition) is 2. The number of alkyl halides is 6. The standard InChI is InChI=1S/C13H13F7O2/c1-2-22-9-4-7(3-8(14)5-9)10(21)6-12(17,11(15)16)13(18,19)20/h3-5,10-11,21H,2,6H2,1H3. The van der Waals surface area contributed by atoms with Gasteiger partial charge in [-0.3, -0.25) is 0 Å². The van der Waals surface area contributed by atoms with E-state index in [4.69, 9.17) is 4.74 Å². The van der Waals surface area contributed by atoms with E-state index in [0.29, 0.717) is 6.07 Å². The molecule has 0 bridgehead atoms. The summed E-state index contributed by atoms with van der Waals surface area (Å²) in [6.07, 6.45) is -14.5. The maximum absolute atomic E-state index is 13.5. The summed E-state index contributed by atoms with van der Waals surface area (Å²) in [6, 6.07) is 2.47. The van der Waals surface area contributed by atoms with E-state index in [0.717, 1.165) is 12.1 Å². The highest BCUT2D eigenvalue weighted by Gasteiger charge is 2.63. The fourth-order valence-corrected chi connectivity index (χ4v) is 1.75. The van der Waals surface area contributed by atoms with E-state index in [1.807, 2.05) is 0 Å². The first-order valence-electron chi connectivity index (χ1n) is 6.16. The van der Waals surface area contributed by atoms with Gasteiger partial charge in [0.1, 0.15) is 11.6 Å². The third kappa shape index (κ3) is 4.02. The fourth-order valence-electron chi connectivity index (χ4n) is 1.75. The predicted octanol–water partition coefficient (Wildman–Crippen LogP) is 4.18. The molecule has 9 heteroatoms. The second-order valence-corrected chi connectivity index (χ2v) is 4.53. The highest BCUT2D eigenvalue weighted by Crippen LogP contribution is 2.44. The Balaban J connectivity index is 3.08. The van der Waals surface area contributed by atoms with Crippen molar-refractivity contribution in [1.82, 2.24) is 0 Å². The quantitative estimate of drug-likeness (QED) is 0.791. The number of ether oxygens (including phenoxy) is 1. The Bertz CT molecular complexity index is 504. The third-order valence-electron chi connectivity index (χ3n) is 2.90. The summed E-state index contributed by atoms with van der Waals surface area (Å²) in [5.74, 6) is -1.08. The summed E-state index contributed by atoms with van der Waals surface area (Å²) in [6.45, 7) is 1.65. The molecule has 0 spiro atoms. The number of rotatable bonds is 6. The Labute approximate surface area is 121 Å². The highest BCUT2D eigenvalue weighted by atomic mass is 19.4. The summed E-state index contributed by atoms with van der Waals surface area (Å²) in [4.78, 5) is 0. The largest absolute Gasteiger partial charge is 0.494 e. The SMILES string of the molecule is CCOc1cc(F)cc(C(O)CC(F)(C(F)F)C(F)(F)F)c1. The van der Waals surface area contributed by atoms with E-state index < -0.39 is 42.2 Å². The molecule has 0 saturated carbocycles. The van der Waals surface area contributed by atoms with Crippen molar-refractivity contribution in [3.63, 3.8) is 0 Å². The Morgan fingerprint density at radius 3 is 2.18 bits per heavy atom. The monoisotopic (exact) mass is 334 g/mol. The van der Waals surface area contributed by atoms with Gasteiger partial charge in [-0.25, -0.2) is 17.6 Å². The minimum absolute atomic E-state index is 0.103. The molecule has 0 aromatic heterocycles. The molecular weight excluding hydrogens is 321 g/mol. The van der Waals surface area contributed by atoms with Crippen molar-refractivity contribution in [2.24, 2.45) is 0 Å². The van der Waals surface area contributed by atoms with Gasteiger partial charge in [0.05, 0.1) is 12.7 Å². The molecule has 0 aliphatic carbocycles. The first-order valence-corrected chi connectivity index (χ1v) is 6.16. The first-order chi connectivity index (χ1) is 10.0. The van der Waals surface area contributed by atoms with Crippen molar-refractivity contribution in [3.8, 4) is 5.75 Å². The summed E-state index contributed by atoms with van der Waals surface area (Å²) in [5.41, 5.74) is -5.39. The molecule has 0 aliphatic heterocycles. The molecule has 0 amide bonds. The number of hydrogen-bond donors (Lipinski definition) is 1. The highest BCUT2D eigenvalue weighted by molar-refractivity contribution is 5.31. The topological polar surface area (TPSA) is 29.5 Å². The normalized spacial score (nSPS) is 16.5. The van der Waals surface area contributed by atoms with Crippen molar-refractivity contribution in [3.05, 3.63) is 29.6 Å². The van der Waals surface area contributed by atoms with Gasteiger partial charge in [-0.1, -0.05) is 0 Å². The average Bonchev–Trinajstić information content (AvgIpc) is 2.36. The first kappa shape index (κ1) is 18.5. The molecule has 22 heavy (non-hydrogen) atoms. The van der Waals surface area contributed by atoms with Crippen molar-refractivity contribution >= 4 is 0 Å². The predicted molar refractivity (Wildman–Crippen MR) is 63.0 cm³/mol. The minimum atomic E-state index is -5.88. The lowest BCUT2D eigenvalue weighted by molar-refractivity contribution is -0.276. The molecular formula is C13H13F7O2. The van der Waals surface area contributed by atoms with Crippen LogP contribution in [0.15, 0.2) is 18.2 Å². The van der Waals surface area contributed by atoms with Gasteiger partial charge in [-0.05, 0) is 24.6 Å². The molecule has 2 unspecified atom stereocenters. The molecule has 0 aliphatic rings. The smallest absolute Gasteiger partial charge is 0.428 e. The van der Waals surface area contributed by atoms with E-state index in [2.05, 4.69) is 0 Å². The second-order valence-electron chi connectivity index (χ2n) is 4.53. The van der Waals surface area contributed by atoms with Gasteiger partial charge in [-0.15, -0.1) is 0 Å². The lowest BCUT2D eigenvalue weighted by Crippen LogP contribution is -2.48. The number of benzene rings is 1. The van der Waals surface area contributed by atoms with Gasteiger partial charge in [0.15, 0.2) is 0 Å². The van der Waals surface area contributed by atoms with Crippen molar-refractivity contribution in [2.45, 2.75) is 37.7 Å². The van der Waals surface area contributed by atoms with Gasteiger partial charge in [0.2, 0.25) is 0 Å². The fraction of sp³-hybridized carbons (Fsp3) is 0.538. The molecule has 0 fully saturated rings. The Morgan fingerprint density at radius 1 is 1.14 bits per heavy atom. The van der Waals surface area contributed by atoms with Crippen LogP contribution in [0.3, 0.4) is 0 Å². The van der Waals surface area contributed by atoms with Gasteiger partial charge in [-0.2, -0.15) is 13.2 Å². The van der Waals surface area contributed by atoms with Crippen LogP contribution in [0, 0.1) is 5.82 Å². The molecule has 126 valence electrons. The number of halogens is 7. The molecule has 2 nitrogen and oxygen atoms in total. The zero-order chi connectivity index (χ0) is 17.1. The van der Waals surface area contributed by atoms with Gasteiger partial charge < -0.3 is 9.84 Å². The zero-order valence-corrected chi connectivity index (χ0v) is 11.3. The molecule has 1 aromatic rings. The van der Waals surface area contributed by atoms with Crippen molar-refractivity contribution < 1.29 is 40.6 Å². The van der Waals surface area contributed by atoms with Crippen LogP contribution in [0.5, 0.6) is 5.75 Å². The second kappa shape index (κ2) is 6.72. The van der Waals surface area contributed by atoms with Gasteiger partial charge in [0.25, 0.3) is 12.1 Å². The number of aliphatic hydroxyl groups is 1. The van der Waals surface area contributed by atoms with Crippen LogP contribution in [-0.4, -0.2) is 30.0 Å².